The van der Waals surface area contributed by atoms with Crippen LogP contribution >= 0.6 is 31.9 Å². The third-order valence-electron chi connectivity index (χ3n) is 1.62. The van der Waals surface area contributed by atoms with Crippen LogP contribution in [-0.4, -0.2) is 22.5 Å². The van der Waals surface area contributed by atoms with E-state index in [9.17, 15) is 9.59 Å². The molecular formula is C10H11Br2NO3. The smallest absolute Gasteiger partial charge is 0.420 e. The predicted molar refractivity (Wildman–Crippen MR) is 66.9 cm³/mol. The topological polar surface area (TPSA) is 48.3 Å². The van der Waals surface area contributed by atoms with Crippen molar-refractivity contribution >= 4 is 44.2 Å². The molecule has 6 heteroatoms. The third kappa shape index (κ3) is 2.95. The molecule has 1 aromatic rings. The van der Waals surface area contributed by atoms with Gasteiger partial charge in [0, 0.05) is 0 Å². The zero-order valence-corrected chi connectivity index (χ0v) is 12.3. The largest absolute Gasteiger partial charge is 0.443 e. The fourth-order valence-corrected chi connectivity index (χ4v) is 1.93. The zero-order valence-electron chi connectivity index (χ0n) is 9.08. The number of carbonyl (C=O) groups excluding carboxylic acids is 2. The average Bonchev–Trinajstić information content (AvgIpc) is 2.40. The van der Waals surface area contributed by atoms with Gasteiger partial charge in [-0.25, -0.2) is 9.36 Å². The Bertz CT molecular complexity index is 432. The fourth-order valence-electron chi connectivity index (χ4n) is 1.05. The van der Waals surface area contributed by atoms with Crippen LogP contribution in [0.5, 0.6) is 0 Å². The summed E-state index contributed by atoms with van der Waals surface area (Å²) in [6, 6.07) is 1.54. The van der Waals surface area contributed by atoms with Crippen molar-refractivity contribution in [3.05, 3.63) is 20.8 Å². The molecule has 0 unspecified atom stereocenters. The van der Waals surface area contributed by atoms with Crippen molar-refractivity contribution in [2.45, 2.75) is 26.4 Å². The summed E-state index contributed by atoms with van der Waals surface area (Å²) >= 11 is 6.43. The van der Waals surface area contributed by atoms with E-state index in [-0.39, 0.29) is 5.69 Å². The van der Waals surface area contributed by atoms with Gasteiger partial charge in [0.2, 0.25) is 0 Å². The molecule has 88 valence electrons. The van der Waals surface area contributed by atoms with Gasteiger partial charge in [-0.15, -0.1) is 0 Å². The van der Waals surface area contributed by atoms with Crippen LogP contribution in [0.4, 0.5) is 4.79 Å². The highest BCUT2D eigenvalue weighted by Crippen LogP contribution is 2.27. The monoisotopic (exact) mass is 351 g/mol. The summed E-state index contributed by atoms with van der Waals surface area (Å²) < 4.78 is 7.43. The van der Waals surface area contributed by atoms with Crippen LogP contribution in [0.3, 0.4) is 0 Å². The first-order valence-corrected chi connectivity index (χ1v) is 6.10. The van der Waals surface area contributed by atoms with Crippen LogP contribution < -0.4 is 0 Å². The molecule has 0 spiro atoms. The van der Waals surface area contributed by atoms with Gasteiger partial charge in [0.05, 0.1) is 10.2 Å². The van der Waals surface area contributed by atoms with Gasteiger partial charge in [-0.2, -0.15) is 0 Å². The second kappa shape index (κ2) is 4.71. The maximum absolute atomic E-state index is 11.8. The van der Waals surface area contributed by atoms with Crippen LogP contribution in [0, 0.1) is 0 Å². The van der Waals surface area contributed by atoms with Crippen LogP contribution in [0.1, 0.15) is 31.3 Å². The Labute approximate surface area is 110 Å². The molecule has 0 atom stereocenters. The Morgan fingerprint density at radius 2 is 2.00 bits per heavy atom. The molecule has 0 saturated carbocycles. The molecule has 0 aliphatic heterocycles. The Morgan fingerprint density at radius 3 is 2.44 bits per heavy atom. The predicted octanol–water partition coefficient (Wildman–Crippen LogP) is 3.61. The van der Waals surface area contributed by atoms with Crippen LogP contribution in [0.25, 0.3) is 0 Å². The number of carbonyl (C=O) groups is 2. The lowest BCUT2D eigenvalue weighted by Gasteiger charge is -2.20. The number of nitrogens with zero attached hydrogens (tertiary/aromatic N) is 1. The Hall–Kier alpha value is -0.620. The van der Waals surface area contributed by atoms with Gasteiger partial charge in [0.1, 0.15) is 10.2 Å². The van der Waals surface area contributed by atoms with E-state index >= 15 is 0 Å². The van der Waals surface area contributed by atoms with Gasteiger partial charge < -0.3 is 4.74 Å². The van der Waals surface area contributed by atoms with Crippen molar-refractivity contribution in [3.8, 4) is 0 Å². The Balaban J connectivity index is 3.12. The number of hydrogen-bond acceptors (Lipinski definition) is 3. The van der Waals surface area contributed by atoms with Crippen LogP contribution in [0.2, 0.25) is 0 Å². The summed E-state index contributed by atoms with van der Waals surface area (Å²) in [6.07, 6.45) is 0.00609. The highest BCUT2D eigenvalue weighted by Gasteiger charge is 2.23. The van der Waals surface area contributed by atoms with E-state index in [0.717, 1.165) is 0 Å². The van der Waals surface area contributed by atoms with Gasteiger partial charge >= 0.3 is 6.09 Å². The van der Waals surface area contributed by atoms with E-state index in [2.05, 4.69) is 31.9 Å². The number of halogens is 2. The minimum absolute atomic E-state index is 0.230. The highest BCUT2D eigenvalue weighted by molar-refractivity contribution is 9.13. The number of hydrogen-bond donors (Lipinski definition) is 0. The molecule has 0 saturated heterocycles. The molecule has 0 radical (unpaired) electrons. The molecular weight excluding hydrogens is 342 g/mol. The first kappa shape index (κ1) is 13.4. The minimum Gasteiger partial charge on any atom is -0.443 e. The number of aldehydes is 1. The molecule has 0 aromatic carbocycles. The van der Waals surface area contributed by atoms with Crippen molar-refractivity contribution in [1.29, 1.82) is 0 Å². The molecule has 0 aliphatic carbocycles. The molecule has 4 nitrogen and oxygen atoms in total. The van der Waals surface area contributed by atoms with Crippen molar-refractivity contribution in [3.63, 3.8) is 0 Å². The number of aromatic nitrogens is 1. The first-order valence-electron chi connectivity index (χ1n) is 4.51. The number of ether oxygens (including phenoxy) is 1. The highest BCUT2D eigenvalue weighted by atomic mass is 79.9. The quantitative estimate of drug-likeness (QED) is 0.725. The van der Waals surface area contributed by atoms with Gasteiger partial charge in [-0.1, -0.05) is 0 Å². The van der Waals surface area contributed by atoms with Crippen molar-refractivity contribution in [2.75, 3.05) is 0 Å². The van der Waals surface area contributed by atoms with Gasteiger partial charge in [-0.05, 0) is 58.7 Å². The van der Waals surface area contributed by atoms with E-state index < -0.39 is 11.7 Å². The lowest BCUT2D eigenvalue weighted by molar-refractivity contribution is 0.0527. The summed E-state index contributed by atoms with van der Waals surface area (Å²) in [6.45, 7) is 5.29. The van der Waals surface area contributed by atoms with E-state index in [0.29, 0.717) is 15.4 Å². The summed E-state index contributed by atoms with van der Waals surface area (Å²) in [5.74, 6) is 0. The molecule has 16 heavy (non-hydrogen) atoms. The maximum atomic E-state index is 11.8. The summed E-state index contributed by atoms with van der Waals surface area (Å²) in [7, 11) is 0. The molecule has 1 rings (SSSR count). The van der Waals surface area contributed by atoms with Crippen LogP contribution in [-0.2, 0) is 4.74 Å². The lowest BCUT2D eigenvalue weighted by Crippen LogP contribution is -2.28. The second-order valence-corrected chi connectivity index (χ2v) is 5.75. The van der Waals surface area contributed by atoms with Gasteiger partial charge in [0.15, 0.2) is 6.29 Å². The SMILES string of the molecule is CC(C)(C)OC(=O)n1c(C=O)cc(Br)c1Br. The Morgan fingerprint density at radius 1 is 1.44 bits per heavy atom. The standard InChI is InChI=1S/C10H11Br2NO3/c1-10(2,3)16-9(15)13-6(5-14)4-7(11)8(13)12/h4-5H,1-3H3. The molecule has 0 bridgehead atoms. The molecule has 1 heterocycles. The summed E-state index contributed by atoms with van der Waals surface area (Å²) in [5, 5.41) is 0. The molecule has 0 fully saturated rings. The maximum Gasteiger partial charge on any atom is 0.420 e. The lowest BCUT2D eigenvalue weighted by atomic mass is 10.2. The van der Waals surface area contributed by atoms with Crippen molar-refractivity contribution in [1.82, 2.24) is 4.57 Å². The van der Waals surface area contributed by atoms with E-state index in [1.165, 1.54) is 4.57 Å². The fraction of sp³-hybridized carbons (Fsp3) is 0.400. The molecule has 0 N–H and O–H groups in total. The molecule has 1 aromatic heterocycles. The summed E-state index contributed by atoms with van der Waals surface area (Å²) in [4.78, 5) is 22.6. The Kier molecular flexibility index (Phi) is 3.96. The van der Waals surface area contributed by atoms with E-state index in [1.54, 1.807) is 26.8 Å². The van der Waals surface area contributed by atoms with Crippen molar-refractivity contribution < 1.29 is 14.3 Å². The molecule has 0 amide bonds. The first-order chi connectivity index (χ1) is 7.26. The zero-order chi connectivity index (χ0) is 12.5. The van der Waals surface area contributed by atoms with Crippen LogP contribution in [0.15, 0.2) is 15.1 Å². The van der Waals surface area contributed by atoms with Gasteiger partial charge in [-0.3, -0.25) is 4.79 Å². The second-order valence-electron chi connectivity index (χ2n) is 4.14. The average molecular weight is 353 g/mol. The summed E-state index contributed by atoms with van der Waals surface area (Å²) in [5.41, 5.74) is -0.374. The van der Waals surface area contributed by atoms with Crippen molar-refractivity contribution in [2.24, 2.45) is 0 Å². The van der Waals surface area contributed by atoms with E-state index in [4.69, 9.17) is 4.74 Å². The normalized spacial score (nSPS) is 11.3. The number of rotatable bonds is 1. The molecule has 0 aliphatic rings. The minimum atomic E-state index is -0.604. The van der Waals surface area contributed by atoms with Gasteiger partial charge in [0.25, 0.3) is 0 Å². The third-order valence-corrected chi connectivity index (χ3v) is 3.54. The van der Waals surface area contributed by atoms with E-state index in [1.807, 2.05) is 0 Å².